The van der Waals surface area contributed by atoms with E-state index in [0.29, 0.717) is 11.6 Å². The highest BCUT2D eigenvalue weighted by Crippen LogP contribution is 2.31. The maximum Gasteiger partial charge on any atom is 0.120 e. The molecule has 0 saturated heterocycles. The second-order valence-electron chi connectivity index (χ2n) is 3.69. The summed E-state index contributed by atoms with van der Waals surface area (Å²) in [6, 6.07) is 7.51. The molecule has 17 heavy (non-hydrogen) atoms. The Balaban J connectivity index is 2.48. The molecule has 0 radical (unpaired) electrons. The van der Waals surface area contributed by atoms with E-state index in [1.165, 1.54) is 0 Å². The minimum Gasteiger partial charge on any atom is -0.497 e. The van der Waals surface area contributed by atoms with Crippen LogP contribution in [0.5, 0.6) is 5.75 Å². The Kier molecular flexibility index (Phi) is 3.36. The molecule has 1 heterocycles. The van der Waals surface area contributed by atoms with Gasteiger partial charge in [0.05, 0.1) is 23.5 Å². The van der Waals surface area contributed by atoms with Gasteiger partial charge in [0.15, 0.2) is 0 Å². The lowest BCUT2D eigenvalue weighted by Crippen LogP contribution is -1.99. The summed E-state index contributed by atoms with van der Waals surface area (Å²) >= 11 is 6.21. The zero-order valence-corrected chi connectivity index (χ0v) is 10.5. The molecule has 4 nitrogen and oxygen atoms in total. The average molecular weight is 252 g/mol. The highest BCUT2D eigenvalue weighted by Gasteiger charge is 2.10. The Hall–Kier alpha value is -1.52. The first-order valence-corrected chi connectivity index (χ1v) is 5.60. The summed E-state index contributed by atoms with van der Waals surface area (Å²) in [5.41, 5.74) is 8.27. The summed E-state index contributed by atoms with van der Waals surface area (Å²) in [5.74, 6) is 0.736. The van der Waals surface area contributed by atoms with Gasteiger partial charge in [-0.3, -0.25) is 4.68 Å². The molecule has 0 aliphatic rings. The molecule has 0 aliphatic heterocycles. The Bertz CT molecular complexity index is 537. The number of ether oxygens (including phenoxy) is 1. The predicted molar refractivity (Wildman–Crippen MR) is 68.1 cm³/mol. The third-order valence-electron chi connectivity index (χ3n) is 2.59. The highest BCUT2D eigenvalue weighted by atomic mass is 35.5. The first kappa shape index (κ1) is 12.0. The van der Waals surface area contributed by atoms with Gasteiger partial charge in [-0.1, -0.05) is 11.6 Å². The molecule has 90 valence electrons. The fourth-order valence-corrected chi connectivity index (χ4v) is 1.98. The number of aryl methyl sites for hydroxylation is 1. The molecule has 5 heteroatoms. The summed E-state index contributed by atoms with van der Waals surface area (Å²) in [6.45, 7) is 0.418. The second-order valence-corrected chi connectivity index (χ2v) is 4.10. The molecule has 2 aromatic rings. The number of halogens is 1. The number of hydrogen-bond acceptors (Lipinski definition) is 3. The van der Waals surface area contributed by atoms with Crippen molar-refractivity contribution >= 4 is 11.6 Å². The molecule has 0 atom stereocenters. The minimum absolute atomic E-state index is 0.418. The van der Waals surface area contributed by atoms with Crippen molar-refractivity contribution < 1.29 is 4.74 Å². The summed E-state index contributed by atoms with van der Waals surface area (Å²) in [7, 11) is 3.48. The monoisotopic (exact) mass is 251 g/mol. The Labute approximate surface area is 105 Å². The van der Waals surface area contributed by atoms with Gasteiger partial charge in [0.1, 0.15) is 5.75 Å². The SMILES string of the molecule is COc1ccc(-c2cc(CN)nn2C)c(Cl)c1. The van der Waals surface area contributed by atoms with Crippen LogP contribution < -0.4 is 10.5 Å². The van der Waals surface area contributed by atoms with E-state index in [2.05, 4.69) is 5.10 Å². The van der Waals surface area contributed by atoms with Gasteiger partial charge >= 0.3 is 0 Å². The molecule has 2 N–H and O–H groups in total. The van der Waals surface area contributed by atoms with Crippen LogP contribution in [0.4, 0.5) is 0 Å². The summed E-state index contributed by atoms with van der Waals surface area (Å²) in [4.78, 5) is 0. The van der Waals surface area contributed by atoms with Gasteiger partial charge in [-0.05, 0) is 24.3 Å². The standard InChI is InChI=1S/C12H14ClN3O/c1-16-12(5-8(7-14)15-16)10-4-3-9(17-2)6-11(10)13/h3-6H,7,14H2,1-2H3. The number of hydrogen-bond donors (Lipinski definition) is 1. The molecule has 0 spiro atoms. The number of nitrogens with two attached hydrogens (primary N) is 1. The van der Waals surface area contributed by atoms with Crippen molar-refractivity contribution in [2.75, 3.05) is 7.11 Å². The van der Waals surface area contributed by atoms with Gasteiger partial charge in [0.25, 0.3) is 0 Å². The first-order valence-electron chi connectivity index (χ1n) is 5.22. The van der Waals surface area contributed by atoms with E-state index in [0.717, 1.165) is 22.7 Å². The van der Waals surface area contributed by atoms with Crippen LogP contribution >= 0.6 is 11.6 Å². The predicted octanol–water partition coefficient (Wildman–Crippen LogP) is 2.21. The van der Waals surface area contributed by atoms with Crippen LogP contribution in [-0.2, 0) is 13.6 Å². The van der Waals surface area contributed by atoms with E-state index in [9.17, 15) is 0 Å². The lowest BCUT2D eigenvalue weighted by atomic mass is 10.1. The van der Waals surface area contributed by atoms with Crippen molar-refractivity contribution in [2.45, 2.75) is 6.54 Å². The molecule has 1 aromatic heterocycles. The number of aromatic nitrogens is 2. The van der Waals surface area contributed by atoms with Crippen LogP contribution in [0.1, 0.15) is 5.69 Å². The zero-order valence-electron chi connectivity index (χ0n) is 9.77. The van der Waals surface area contributed by atoms with Crippen molar-refractivity contribution in [3.63, 3.8) is 0 Å². The van der Waals surface area contributed by atoms with Gasteiger partial charge < -0.3 is 10.5 Å². The molecule has 0 bridgehead atoms. The van der Waals surface area contributed by atoms with Crippen molar-refractivity contribution in [2.24, 2.45) is 12.8 Å². The second kappa shape index (κ2) is 4.77. The topological polar surface area (TPSA) is 53.1 Å². The zero-order chi connectivity index (χ0) is 12.4. The molecule has 0 unspecified atom stereocenters. The molecule has 0 saturated carbocycles. The van der Waals surface area contributed by atoms with Crippen molar-refractivity contribution in [3.05, 3.63) is 35.0 Å². The number of benzene rings is 1. The van der Waals surface area contributed by atoms with Crippen LogP contribution in [0.2, 0.25) is 5.02 Å². The van der Waals surface area contributed by atoms with E-state index in [1.54, 1.807) is 17.9 Å². The number of methoxy groups -OCH3 is 1. The lowest BCUT2D eigenvalue weighted by Gasteiger charge is -2.06. The first-order chi connectivity index (χ1) is 8.15. The van der Waals surface area contributed by atoms with E-state index >= 15 is 0 Å². The molecule has 2 rings (SSSR count). The molecular formula is C12H14ClN3O. The van der Waals surface area contributed by atoms with Crippen LogP contribution in [0.25, 0.3) is 11.3 Å². The third-order valence-corrected chi connectivity index (χ3v) is 2.90. The van der Waals surface area contributed by atoms with Crippen LogP contribution in [-0.4, -0.2) is 16.9 Å². The molecule has 1 aromatic carbocycles. The van der Waals surface area contributed by atoms with Crippen LogP contribution in [0, 0.1) is 0 Å². The van der Waals surface area contributed by atoms with E-state index < -0.39 is 0 Å². The molecule has 0 amide bonds. The van der Waals surface area contributed by atoms with Crippen LogP contribution in [0.15, 0.2) is 24.3 Å². The van der Waals surface area contributed by atoms with E-state index in [4.69, 9.17) is 22.1 Å². The van der Waals surface area contributed by atoms with Gasteiger partial charge in [0, 0.05) is 19.2 Å². The average Bonchev–Trinajstić information content (AvgIpc) is 2.70. The fraction of sp³-hybridized carbons (Fsp3) is 0.250. The van der Waals surface area contributed by atoms with Gasteiger partial charge in [-0.2, -0.15) is 5.10 Å². The largest absolute Gasteiger partial charge is 0.497 e. The quantitative estimate of drug-likeness (QED) is 0.910. The maximum absolute atomic E-state index is 6.21. The lowest BCUT2D eigenvalue weighted by molar-refractivity contribution is 0.415. The normalized spacial score (nSPS) is 10.6. The number of nitrogens with zero attached hydrogens (tertiary/aromatic N) is 2. The Morgan fingerprint density at radius 2 is 2.18 bits per heavy atom. The van der Waals surface area contributed by atoms with Crippen molar-refractivity contribution in [1.82, 2.24) is 9.78 Å². The molecular weight excluding hydrogens is 238 g/mol. The Morgan fingerprint density at radius 1 is 1.41 bits per heavy atom. The summed E-state index contributed by atoms with van der Waals surface area (Å²) < 4.78 is 6.89. The third kappa shape index (κ3) is 2.28. The molecule has 0 aliphatic carbocycles. The minimum atomic E-state index is 0.418. The molecule has 0 fully saturated rings. The van der Waals surface area contributed by atoms with Crippen LogP contribution in [0.3, 0.4) is 0 Å². The van der Waals surface area contributed by atoms with E-state index in [-0.39, 0.29) is 0 Å². The van der Waals surface area contributed by atoms with E-state index in [1.807, 2.05) is 25.2 Å². The summed E-state index contributed by atoms with van der Waals surface area (Å²) in [6.07, 6.45) is 0. The highest BCUT2D eigenvalue weighted by molar-refractivity contribution is 6.33. The Morgan fingerprint density at radius 3 is 2.71 bits per heavy atom. The fourth-order valence-electron chi connectivity index (χ4n) is 1.71. The van der Waals surface area contributed by atoms with Gasteiger partial charge in [-0.25, -0.2) is 0 Å². The van der Waals surface area contributed by atoms with Crippen molar-refractivity contribution in [3.8, 4) is 17.0 Å². The number of rotatable bonds is 3. The summed E-state index contributed by atoms with van der Waals surface area (Å²) in [5, 5.41) is 4.93. The van der Waals surface area contributed by atoms with Crippen molar-refractivity contribution in [1.29, 1.82) is 0 Å². The van der Waals surface area contributed by atoms with Gasteiger partial charge in [-0.15, -0.1) is 0 Å². The smallest absolute Gasteiger partial charge is 0.120 e. The van der Waals surface area contributed by atoms with Gasteiger partial charge in [0.2, 0.25) is 0 Å². The maximum atomic E-state index is 6.21.